The molecule has 0 radical (unpaired) electrons. The van der Waals surface area contributed by atoms with Crippen molar-refractivity contribution < 1.29 is 9.13 Å². The Morgan fingerprint density at radius 1 is 0.769 bits per heavy atom. The van der Waals surface area contributed by atoms with Crippen LogP contribution in [0.15, 0.2) is 48.7 Å². The van der Waals surface area contributed by atoms with E-state index in [4.69, 9.17) is 0 Å². The molecule has 130 valence electrons. The van der Waals surface area contributed by atoms with Crippen molar-refractivity contribution in [3.63, 3.8) is 0 Å². The fourth-order valence-corrected chi connectivity index (χ4v) is 4.77. The molecule has 1 aromatic carbocycles. The molecule has 0 atom stereocenters. The zero-order valence-electron chi connectivity index (χ0n) is 15.8. The first-order valence-electron chi connectivity index (χ1n) is 9.87. The summed E-state index contributed by atoms with van der Waals surface area (Å²) >= 11 is 0. The maximum Gasteiger partial charge on any atom is 0.213 e. The van der Waals surface area contributed by atoms with Gasteiger partial charge in [-0.05, 0) is 42.5 Å². The smallest absolute Gasteiger partial charge is 0.198 e. The average Bonchev–Trinajstić information content (AvgIpc) is 2.94. The molecule has 2 aromatic heterocycles. The monoisotopic (exact) mass is 342 g/mol. The summed E-state index contributed by atoms with van der Waals surface area (Å²) in [6.07, 6.45) is 7.02. The van der Waals surface area contributed by atoms with Crippen molar-refractivity contribution in [2.24, 2.45) is 0 Å². The second-order valence-electron chi connectivity index (χ2n) is 7.83. The highest BCUT2D eigenvalue weighted by molar-refractivity contribution is 5.83. The molecule has 0 bridgehead atoms. The predicted octanol–water partition coefficient (Wildman–Crippen LogP) is 4.10. The predicted molar refractivity (Wildman–Crippen MR) is 104 cm³/mol. The molecule has 2 aliphatic rings. The number of pyridine rings is 2. The summed E-state index contributed by atoms with van der Waals surface area (Å²) in [6.45, 7) is 6.66. The summed E-state index contributed by atoms with van der Waals surface area (Å²) in [6, 6.07) is 16.2. The van der Waals surface area contributed by atoms with E-state index >= 15 is 0 Å². The van der Waals surface area contributed by atoms with Crippen LogP contribution in [-0.4, -0.2) is 0 Å². The van der Waals surface area contributed by atoms with Gasteiger partial charge in [0.2, 0.25) is 11.4 Å². The molecule has 0 N–H and O–H groups in total. The van der Waals surface area contributed by atoms with Crippen molar-refractivity contribution in [1.29, 1.82) is 0 Å². The van der Waals surface area contributed by atoms with Gasteiger partial charge in [0, 0.05) is 44.0 Å². The Labute approximate surface area is 155 Å². The second-order valence-corrected chi connectivity index (χ2v) is 7.83. The third kappa shape index (κ3) is 2.39. The molecule has 2 aliphatic heterocycles. The highest BCUT2D eigenvalue weighted by atomic mass is 15.0. The first-order chi connectivity index (χ1) is 12.7. The topological polar surface area (TPSA) is 7.76 Å². The summed E-state index contributed by atoms with van der Waals surface area (Å²) in [5, 5.41) is 0. The molecule has 3 aromatic rings. The Hall–Kier alpha value is -2.48. The summed E-state index contributed by atoms with van der Waals surface area (Å²) < 4.78 is 4.99. The zero-order chi connectivity index (χ0) is 17.7. The lowest BCUT2D eigenvalue weighted by atomic mass is 9.88. The van der Waals surface area contributed by atoms with E-state index in [0.717, 1.165) is 25.9 Å². The maximum atomic E-state index is 2.52. The number of aromatic nitrogens is 2. The summed E-state index contributed by atoms with van der Waals surface area (Å²) in [5.74, 6) is 0. The van der Waals surface area contributed by atoms with E-state index in [1.165, 1.54) is 57.7 Å². The molecular weight excluding hydrogens is 316 g/mol. The van der Waals surface area contributed by atoms with Gasteiger partial charge < -0.3 is 0 Å². The molecule has 0 unspecified atom stereocenters. The van der Waals surface area contributed by atoms with E-state index in [0.29, 0.717) is 0 Å². The molecule has 2 heteroatoms. The molecular formula is C24H26N2+2. The van der Waals surface area contributed by atoms with E-state index in [-0.39, 0.29) is 0 Å². The Morgan fingerprint density at radius 3 is 2.31 bits per heavy atom. The van der Waals surface area contributed by atoms with Crippen molar-refractivity contribution in [1.82, 2.24) is 0 Å². The van der Waals surface area contributed by atoms with Crippen molar-refractivity contribution in [3.8, 4) is 22.5 Å². The van der Waals surface area contributed by atoms with Gasteiger partial charge in [0.25, 0.3) is 0 Å². The van der Waals surface area contributed by atoms with Crippen LogP contribution in [0.2, 0.25) is 0 Å². The van der Waals surface area contributed by atoms with Crippen LogP contribution in [0.3, 0.4) is 0 Å². The van der Waals surface area contributed by atoms with Crippen LogP contribution in [0.5, 0.6) is 0 Å². The van der Waals surface area contributed by atoms with Crippen LogP contribution in [-0.2, 0) is 25.9 Å². The first kappa shape index (κ1) is 15.7. The molecule has 0 saturated carbocycles. The maximum absolute atomic E-state index is 2.52. The minimum Gasteiger partial charge on any atom is -0.198 e. The number of benzene rings is 1. The highest BCUT2D eigenvalue weighted by Crippen LogP contribution is 2.38. The van der Waals surface area contributed by atoms with Crippen LogP contribution < -0.4 is 9.13 Å². The number of nitrogens with zero attached hydrogens (tertiary/aromatic N) is 2. The van der Waals surface area contributed by atoms with Crippen LogP contribution in [0, 0.1) is 13.8 Å². The van der Waals surface area contributed by atoms with Crippen molar-refractivity contribution in [2.45, 2.75) is 52.6 Å². The number of aryl methyl sites for hydroxylation is 5. The molecule has 5 rings (SSSR count). The van der Waals surface area contributed by atoms with Crippen molar-refractivity contribution in [3.05, 3.63) is 71.0 Å². The van der Waals surface area contributed by atoms with Gasteiger partial charge in [-0.1, -0.05) is 12.1 Å². The molecule has 0 spiro atoms. The van der Waals surface area contributed by atoms with E-state index in [2.05, 4.69) is 71.6 Å². The molecule has 26 heavy (non-hydrogen) atoms. The lowest BCUT2D eigenvalue weighted by Crippen LogP contribution is -2.39. The quantitative estimate of drug-likeness (QED) is 0.543. The highest BCUT2D eigenvalue weighted by Gasteiger charge is 2.31. The molecule has 4 heterocycles. The Bertz CT molecular complexity index is 996. The number of hydrogen-bond acceptors (Lipinski definition) is 0. The average molecular weight is 342 g/mol. The van der Waals surface area contributed by atoms with Gasteiger partial charge in [-0.3, -0.25) is 0 Å². The van der Waals surface area contributed by atoms with Crippen LogP contribution in [0.25, 0.3) is 22.5 Å². The number of hydrogen-bond donors (Lipinski definition) is 0. The van der Waals surface area contributed by atoms with E-state index in [1.54, 1.807) is 0 Å². The third-order valence-electron chi connectivity index (χ3n) is 6.06. The lowest BCUT2D eigenvalue weighted by molar-refractivity contribution is -0.692. The first-order valence-corrected chi connectivity index (χ1v) is 9.87. The Morgan fingerprint density at radius 2 is 1.50 bits per heavy atom. The van der Waals surface area contributed by atoms with Gasteiger partial charge in [-0.2, -0.15) is 9.13 Å². The number of fused-ring (bicyclic) bond motifs is 7. The molecule has 0 saturated heterocycles. The van der Waals surface area contributed by atoms with Gasteiger partial charge in [0.1, 0.15) is 13.1 Å². The molecule has 0 amide bonds. The van der Waals surface area contributed by atoms with Gasteiger partial charge in [-0.25, -0.2) is 0 Å². The lowest BCUT2D eigenvalue weighted by Gasteiger charge is -2.14. The van der Waals surface area contributed by atoms with Crippen LogP contribution in [0.1, 0.15) is 35.2 Å². The fraction of sp³-hybridized carbons (Fsp3) is 0.333. The minimum atomic E-state index is 1.10. The fourth-order valence-electron chi connectivity index (χ4n) is 4.77. The molecule has 0 aliphatic carbocycles. The van der Waals surface area contributed by atoms with Crippen LogP contribution >= 0.6 is 0 Å². The van der Waals surface area contributed by atoms with Gasteiger partial charge in [0.15, 0.2) is 11.9 Å². The molecule has 0 fully saturated rings. The third-order valence-corrected chi connectivity index (χ3v) is 6.06. The van der Waals surface area contributed by atoms with Gasteiger partial charge in [-0.15, -0.1) is 0 Å². The standard InChI is InChI=1S/C24H26N2/c1-17-12-15-25-13-4-7-20-11-10-19-8-5-14-26-18(2)6-3-9-21(26)23(19)24(20)22(25)16-17/h3,6,9-12,15-16H,4-5,7-8,13-14H2,1-2H3/q+2. The van der Waals surface area contributed by atoms with Gasteiger partial charge >= 0.3 is 0 Å². The summed E-state index contributed by atoms with van der Waals surface area (Å²) in [7, 11) is 0. The zero-order valence-corrected chi connectivity index (χ0v) is 15.8. The Balaban J connectivity index is 1.90. The Kier molecular flexibility index (Phi) is 3.66. The number of rotatable bonds is 0. The van der Waals surface area contributed by atoms with E-state index in [1.807, 2.05) is 0 Å². The largest absolute Gasteiger partial charge is 0.213 e. The minimum absolute atomic E-state index is 1.10. The summed E-state index contributed by atoms with van der Waals surface area (Å²) in [4.78, 5) is 0. The van der Waals surface area contributed by atoms with E-state index < -0.39 is 0 Å². The molecule has 2 nitrogen and oxygen atoms in total. The second kappa shape index (κ2) is 6.05. The normalized spacial score (nSPS) is 15.2. The van der Waals surface area contributed by atoms with Crippen molar-refractivity contribution >= 4 is 0 Å². The SMILES string of the molecule is Cc1cc[n+]2c(c1)-c1c(ccc3c1-c1cccc(C)[n+]1CCC3)CCC2. The summed E-state index contributed by atoms with van der Waals surface area (Å²) in [5.41, 5.74) is 11.5. The van der Waals surface area contributed by atoms with Crippen LogP contribution in [0.4, 0.5) is 0 Å². The van der Waals surface area contributed by atoms with Gasteiger partial charge in [0.05, 0.1) is 11.1 Å². The van der Waals surface area contributed by atoms with E-state index in [9.17, 15) is 0 Å². The van der Waals surface area contributed by atoms with Crippen molar-refractivity contribution in [2.75, 3.05) is 0 Å².